The molecule has 0 aliphatic carbocycles. The molecule has 208 valence electrons. The van der Waals surface area contributed by atoms with E-state index in [1.54, 1.807) is 15.6 Å². The van der Waals surface area contributed by atoms with Crippen molar-refractivity contribution in [3.05, 3.63) is 63.9 Å². The van der Waals surface area contributed by atoms with Crippen molar-refractivity contribution < 1.29 is 22.7 Å². The second-order valence-electron chi connectivity index (χ2n) is 10.1. The van der Waals surface area contributed by atoms with E-state index in [1.807, 2.05) is 18.2 Å². The molecule has 0 saturated carbocycles. The maximum absolute atomic E-state index is 13.1. The third-order valence-electron chi connectivity index (χ3n) is 7.35. The number of H-pyrrole nitrogens is 1. The summed E-state index contributed by atoms with van der Waals surface area (Å²) in [5, 5.41) is 14.9. The molecule has 13 heteroatoms. The van der Waals surface area contributed by atoms with Gasteiger partial charge in [0.25, 0.3) is 5.56 Å². The summed E-state index contributed by atoms with van der Waals surface area (Å²) in [6.07, 6.45) is -3.42. The van der Waals surface area contributed by atoms with Crippen LogP contribution in [0, 0.1) is 5.92 Å². The fourth-order valence-electron chi connectivity index (χ4n) is 5.31. The number of halogens is 3. The number of nitrogens with one attached hydrogen (secondary N) is 2. The first-order valence-corrected chi connectivity index (χ1v) is 12.9. The van der Waals surface area contributed by atoms with E-state index in [1.165, 1.54) is 18.2 Å². The summed E-state index contributed by atoms with van der Waals surface area (Å²) >= 11 is 0. The van der Waals surface area contributed by atoms with Crippen LogP contribution in [0.15, 0.2) is 47.3 Å². The fraction of sp³-hybridized carbons (Fsp3) is 0.333. The minimum absolute atomic E-state index is 0.0766. The molecule has 1 amide bonds. The highest BCUT2D eigenvalue weighted by atomic mass is 19.4. The van der Waals surface area contributed by atoms with E-state index >= 15 is 0 Å². The Kier molecular flexibility index (Phi) is 6.45. The van der Waals surface area contributed by atoms with Gasteiger partial charge in [-0.3, -0.25) is 14.3 Å². The number of rotatable bonds is 7. The molecule has 0 unspecified atom stereocenters. The number of benzene rings is 2. The first kappa shape index (κ1) is 25.9. The average Bonchev–Trinajstić information content (AvgIpc) is 3.47. The Morgan fingerprint density at radius 2 is 2.00 bits per heavy atom. The lowest BCUT2D eigenvalue weighted by atomic mass is 10.00. The lowest BCUT2D eigenvalue weighted by molar-refractivity contribution is -0.274. The largest absolute Gasteiger partial charge is 0.573 e. The van der Waals surface area contributed by atoms with E-state index < -0.39 is 6.36 Å². The Hall–Kier alpha value is -4.39. The lowest BCUT2D eigenvalue weighted by Gasteiger charge is -2.26. The molecule has 0 radical (unpaired) electrons. The number of nitrogens with two attached hydrogens (primary N) is 1. The highest BCUT2D eigenvalue weighted by molar-refractivity contribution is 6.01. The molecule has 2 aromatic carbocycles. The van der Waals surface area contributed by atoms with E-state index in [-0.39, 0.29) is 29.5 Å². The number of aromatic amines is 1. The number of anilines is 2. The summed E-state index contributed by atoms with van der Waals surface area (Å²) in [5.74, 6) is 0.100. The van der Waals surface area contributed by atoms with Crippen LogP contribution in [-0.2, 0) is 24.2 Å². The minimum atomic E-state index is -4.81. The number of nitrogens with zero attached hydrogens (tertiary/aromatic N) is 4. The number of amides is 1. The van der Waals surface area contributed by atoms with Gasteiger partial charge < -0.3 is 20.7 Å². The maximum Gasteiger partial charge on any atom is 0.573 e. The molecule has 0 atom stereocenters. The van der Waals surface area contributed by atoms with Crippen LogP contribution in [0.2, 0.25) is 0 Å². The van der Waals surface area contributed by atoms with E-state index in [9.17, 15) is 22.8 Å². The van der Waals surface area contributed by atoms with Gasteiger partial charge in [0.15, 0.2) is 5.82 Å². The van der Waals surface area contributed by atoms with Crippen molar-refractivity contribution in [2.24, 2.45) is 5.92 Å². The van der Waals surface area contributed by atoms with Crippen LogP contribution < -0.4 is 26.2 Å². The standard InChI is InChI=1S/C27H26F3N7O3/c28-27(29,30)40-19-3-1-2-15(10-19)11-21(38)36-8-7-17-12-18(4-5-20(17)36)23-22-24(26(39)34-33-25(22)31)37(35-23)9-6-16-13-32-14-16/h1-5,10,12,16,32H,6-9,11,13-14H2,(H2,31,33)(H,34,39). The highest BCUT2D eigenvalue weighted by Gasteiger charge is 2.31. The maximum atomic E-state index is 13.1. The smallest absolute Gasteiger partial charge is 0.406 e. The quantitative estimate of drug-likeness (QED) is 0.321. The summed E-state index contributed by atoms with van der Waals surface area (Å²) in [7, 11) is 0. The molecule has 6 rings (SSSR count). The zero-order valence-electron chi connectivity index (χ0n) is 21.3. The van der Waals surface area contributed by atoms with Crippen LogP contribution in [0.5, 0.6) is 5.75 Å². The number of aryl methyl sites for hydroxylation is 1. The number of nitrogen functional groups attached to an aromatic ring is 1. The lowest BCUT2D eigenvalue weighted by Crippen LogP contribution is -2.42. The summed E-state index contributed by atoms with van der Waals surface area (Å²) in [4.78, 5) is 27.5. The number of carbonyl (C=O) groups is 1. The van der Waals surface area contributed by atoms with Gasteiger partial charge in [0.1, 0.15) is 17.0 Å². The van der Waals surface area contributed by atoms with Crippen molar-refractivity contribution in [2.75, 3.05) is 30.3 Å². The topological polar surface area (TPSA) is 131 Å². The SMILES string of the molecule is Nc1n[nH]c(=O)c2c1c(-c1ccc3c(c1)CCN3C(=O)Cc1cccc(OC(F)(F)F)c1)nn2CCC1CNC1. The van der Waals surface area contributed by atoms with Crippen molar-refractivity contribution in [1.29, 1.82) is 0 Å². The van der Waals surface area contributed by atoms with Crippen molar-refractivity contribution in [2.45, 2.75) is 32.2 Å². The first-order valence-electron chi connectivity index (χ1n) is 12.9. The molecular formula is C27H26F3N7O3. The van der Waals surface area contributed by atoms with E-state index in [0.29, 0.717) is 47.6 Å². The summed E-state index contributed by atoms with van der Waals surface area (Å²) in [6.45, 7) is 2.89. The molecule has 4 heterocycles. The van der Waals surface area contributed by atoms with Gasteiger partial charge in [0.05, 0.1) is 11.8 Å². The number of ether oxygens (including phenoxy) is 1. The predicted molar refractivity (Wildman–Crippen MR) is 142 cm³/mol. The van der Waals surface area contributed by atoms with Crippen LogP contribution in [0.3, 0.4) is 0 Å². The zero-order chi connectivity index (χ0) is 28.0. The Labute approximate surface area is 225 Å². The van der Waals surface area contributed by atoms with Crippen LogP contribution in [0.4, 0.5) is 24.7 Å². The van der Waals surface area contributed by atoms with Gasteiger partial charge in [0, 0.05) is 24.3 Å². The zero-order valence-corrected chi connectivity index (χ0v) is 21.3. The van der Waals surface area contributed by atoms with Crippen molar-refractivity contribution in [3.8, 4) is 17.0 Å². The molecule has 40 heavy (non-hydrogen) atoms. The molecule has 1 fully saturated rings. The monoisotopic (exact) mass is 553 g/mol. The fourth-order valence-corrected chi connectivity index (χ4v) is 5.31. The Morgan fingerprint density at radius 3 is 2.75 bits per heavy atom. The van der Waals surface area contributed by atoms with Gasteiger partial charge in [0.2, 0.25) is 5.91 Å². The minimum Gasteiger partial charge on any atom is -0.406 e. The van der Waals surface area contributed by atoms with Crippen LogP contribution in [0.1, 0.15) is 17.5 Å². The molecule has 4 aromatic rings. The Morgan fingerprint density at radius 1 is 1.18 bits per heavy atom. The van der Waals surface area contributed by atoms with Crippen molar-refractivity contribution in [3.63, 3.8) is 0 Å². The predicted octanol–water partition coefficient (Wildman–Crippen LogP) is 3.01. The second-order valence-corrected chi connectivity index (χ2v) is 10.1. The molecular weight excluding hydrogens is 527 g/mol. The second kappa shape index (κ2) is 9.97. The van der Waals surface area contributed by atoms with Crippen molar-refractivity contribution >= 4 is 28.3 Å². The number of alkyl halides is 3. The van der Waals surface area contributed by atoms with Gasteiger partial charge in [-0.2, -0.15) is 10.2 Å². The molecule has 2 aliphatic rings. The van der Waals surface area contributed by atoms with Crippen LogP contribution in [0.25, 0.3) is 22.2 Å². The number of aromatic nitrogens is 4. The molecule has 4 N–H and O–H groups in total. The summed E-state index contributed by atoms with van der Waals surface area (Å²) < 4.78 is 43.4. The summed E-state index contributed by atoms with van der Waals surface area (Å²) in [6, 6.07) is 11.0. The van der Waals surface area contributed by atoms with Gasteiger partial charge in [-0.25, -0.2) is 5.10 Å². The number of fused-ring (bicyclic) bond motifs is 2. The number of hydrogen-bond donors (Lipinski definition) is 3. The summed E-state index contributed by atoms with van der Waals surface area (Å²) in [5.41, 5.74) is 9.56. The Balaban J connectivity index is 1.26. The molecule has 1 saturated heterocycles. The average molecular weight is 554 g/mol. The van der Waals surface area contributed by atoms with Gasteiger partial charge in [-0.05, 0) is 67.2 Å². The third-order valence-corrected chi connectivity index (χ3v) is 7.35. The highest BCUT2D eigenvalue weighted by Crippen LogP contribution is 2.36. The first-order chi connectivity index (χ1) is 19.2. The molecule has 2 aliphatic heterocycles. The number of carbonyl (C=O) groups excluding carboxylic acids is 1. The normalized spacial score (nSPS) is 15.3. The van der Waals surface area contributed by atoms with E-state index in [4.69, 9.17) is 10.8 Å². The number of hydrogen-bond acceptors (Lipinski definition) is 7. The Bertz CT molecular complexity index is 1660. The van der Waals surface area contributed by atoms with Gasteiger partial charge >= 0.3 is 6.36 Å². The third kappa shape index (κ3) is 4.99. The van der Waals surface area contributed by atoms with Gasteiger partial charge in [-0.1, -0.05) is 18.2 Å². The molecule has 2 aromatic heterocycles. The van der Waals surface area contributed by atoms with E-state index in [2.05, 4.69) is 20.3 Å². The molecule has 0 spiro atoms. The van der Waals surface area contributed by atoms with Crippen LogP contribution >= 0.6 is 0 Å². The molecule has 10 nitrogen and oxygen atoms in total. The van der Waals surface area contributed by atoms with Crippen LogP contribution in [-0.4, -0.2) is 51.9 Å². The van der Waals surface area contributed by atoms with Crippen molar-refractivity contribution in [1.82, 2.24) is 25.3 Å². The van der Waals surface area contributed by atoms with Gasteiger partial charge in [-0.15, -0.1) is 13.2 Å². The molecule has 0 bridgehead atoms. The van der Waals surface area contributed by atoms with E-state index in [0.717, 1.165) is 36.3 Å².